The SMILES string of the molecule is O=C=NCCCCC[C@@H]1CCSS1. The van der Waals surface area contributed by atoms with E-state index in [2.05, 4.69) is 4.99 Å². The van der Waals surface area contributed by atoms with E-state index in [1.165, 1.54) is 31.4 Å². The number of hydrogen-bond donors (Lipinski definition) is 0. The van der Waals surface area contributed by atoms with Crippen molar-refractivity contribution in [3.05, 3.63) is 0 Å². The Balaban J connectivity index is 1.85. The third-order valence-electron chi connectivity index (χ3n) is 2.09. The average Bonchev–Trinajstić information content (AvgIpc) is 2.63. The Morgan fingerprint density at radius 1 is 1.38 bits per heavy atom. The van der Waals surface area contributed by atoms with Gasteiger partial charge < -0.3 is 0 Å². The van der Waals surface area contributed by atoms with Gasteiger partial charge in [0.05, 0.1) is 6.54 Å². The highest BCUT2D eigenvalue weighted by Crippen LogP contribution is 2.39. The van der Waals surface area contributed by atoms with E-state index in [1.807, 2.05) is 21.6 Å². The molecule has 0 aromatic rings. The van der Waals surface area contributed by atoms with Crippen molar-refractivity contribution < 1.29 is 4.79 Å². The predicted octanol–water partition coefficient (Wildman–Crippen LogP) is 3.04. The van der Waals surface area contributed by atoms with Crippen LogP contribution < -0.4 is 0 Å². The molecule has 0 aliphatic carbocycles. The molecule has 0 aromatic heterocycles. The molecule has 2 nitrogen and oxygen atoms in total. The highest BCUT2D eigenvalue weighted by molar-refractivity contribution is 8.77. The third-order valence-corrected chi connectivity index (χ3v) is 5.09. The van der Waals surface area contributed by atoms with Crippen molar-refractivity contribution in [2.45, 2.75) is 37.4 Å². The van der Waals surface area contributed by atoms with Gasteiger partial charge in [-0.05, 0) is 19.3 Å². The van der Waals surface area contributed by atoms with E-state index >= 15 is 0 Å². The molecule has 74 valence electrons. The Bertz CT molecular complexity index is 174. The number of isocyanates is 1. The van der Waals surface area contributed by atoms with Crippen molar-refractivity contribution >= 4 is 27.7 Å². The normalized spacial score (nSPS) is 21.4. The topological polar surface area (TPSA) is 29.4 Å². The smallest absolute Gasteiger partial charge is 0.211 e. The molecule has 1 saturated heterocycles. The second-order valence-corrected chi connectivity index (χ2v) is 5.94. The van der Waals surface area contributed by atoms with Crippen LogP contribution in [0.2, 0.25) is 0 Å². The zero-order valence-electron chi connectivity index (χ0n) is 7.70. The molecule has 1 heterocycles. The molecule has 0 aromatic carbocycles. The van der Waals surface area contributed by atoms with Crippen LogP contribution in [-0.2, 0) is 4.79 Å². The molecule has 1 atom stereocenters. The monoisotopic (exact) mass is 217 g/mol. The van der Waals surface area contributed by atoms with E-state index in [0.717, 1.165) is 11.7 Å². The lowest BCUT2D eigenvalue weighted by atomic mass is 10.1. The summed E-state index contributed by atoms with van der Waals surface area (Å²) >= 11 is 0. The van der Waals surface area contributed by atoms with E-state index in [4.69, 9.17) is 0 Å². The molecule has 0 spiro atoms. The van der Waals surface area contributed by atoms with Gasteiger partial charge in [0.1, 0.15) is 0 Å². The maximum absolute atomic E-state index is 9.75. The first kappa shape index (κ1) is 11.2. The van der Waals surface area contributed by atoms with E-state index in [0.29, 0.717) is 6.54 Å². The second-order valence-electron chi connectivity index (χ2n) is 3.15. The van der Waals surface area contributed by atoms with Crippen LogP contribution in [0.15, 0.2) is 4.99 Å². The van der Waals surface area contributed by atoms with Crippen LogP contribution in [-0.4, -0.2) is 23.6 Å². The molecule has 0 bridgehead atoms. The summed E-state index contributed by atoms with van der Waals surface area (Å²) in [5.41, 5.74) is 0. The van der Waals surface area contributed by atoms with Crippen molar-refractivity contribution in [2.75, 3.05) is 12.3 Å². The van der Waals surface area contributed by atoms with Crippen molar-refractivity contribution in [3.63, 3.8) is 0 Å². The summed E-state index contributed by atoms with van der Waals surface area (Å²) in [5.74, 6) is 1.32. The van der Waals surface area contributed by atoms with E-state index in [-0.39, 0.29) is 0 Å². The van der Waals surface area contributed by atoms with Crippen LogP contribution in [0.5, 0.6) is 0 Å². The van der Waals surface area contributed by atoms with Crippen molar-refractivity contribution in [1.82, 2.24) is 0 Å². The second kappa shape index (κ2) is 7.48. The van der Waals surface area contributed by atoms with Gasteiger partial charge in [-0.2, -0.15) is 0 Å². The fraction of sp³-hybridized carbons (Fsp3) is 0.889. The summed E-state index contributed by atoms with van der Waals surface area (Å²) in [6.07, 6.45) is 7.81. The van der Waals surface area contributed by atoms with Gasteiger partial charge in [-0.25, -0.2) is 9.79 Å². The number of hydrogen-bond acceptors (Lipinski definition) is 4. The Labute approximate surface area is 87.4 Å². The van der Waals surface area contributed by atoms with E-state index in [1.54, 1.807) is 6.08 Å². The molecule has 0 saturated carbocycles. The fourth-order valence-electron chi connectivity index (χ4n) is 1.35. The van der Waals surface area contributed by atoms with Crippen LogP contribution in [0.3, 0.4) is 0 Å². The van der Waals surface area contributed by atoms with Gasteiger partial charge in [-0.1, -0.05) is 34.4 Å². The molecule has 1 rings (SSSR count). The minimum atomic E-state index is 0.663. The summed E-state index contributed by atoms with van der Waals surface area (Å²) in [6.45, 7) is 0.663. The Hall–Kier alpha value is 0.0800. The summed E-state index contributed by atoms with van der Waals surface area (Å²) in [5, 5.41) is 0.888. The first-order valence-electron chi connectivity index (χ1n) is 4.75. The predicted molar refractivity (Wildman–Crippen MR) is 59.9 cm³/mol. The Kier molecular flexibility index (Phi) is 6.42. The van der Waals surface area contributed by atoms with Gasteiger partial charge in [-0.15, -0.1) is 0 Å². The van der Waals surface area contributed by atoms with Gasteiger partial charge in [0.15, 0.2) is 0 Å². The lowest BCUT2D eigenvalue weighted by Gasteiger charge is -2.05. The van der Waals surface area contributed by atoms with E-state index in [9.17, 15) is 4.79 Å². The molecule has 1 aliphatic heterocycles. The van der Waals surface area contributed by atoms with Gasteiger partial charge in [-0.3, -0.25) is 0 Å². The lowest BCUT2D eigenvalue weighted by Crippen LogP contribution is -1.96. The maximum Gasteiger partial charge on any atom is 0.234 e. The quantitative estimate of drug-likeness (QED) is 0.296. The summed E-state index contributed by atoms with van der Waals surface area (Å²) in [7, 11) is 4.04. The van der Waals surface area contributed by atoms with Crippen LogP contribution >= 0.6 is 21.6 Å². The highest BCUT2D eigenvalue weighted by Gasteiger charge is 2.15. The van der Waals surface area contributed by atoms with Crippen molar-refractivity contribution in [3.8, 4) is 0 Å². The number of rotatable bonds is 6. The van der Waals surface area contributed by atoms with Gasteiger partial charge in [0, 0.05) is 11.0 Å². The lowest BCUT2D eigenvalue weighted by molar-refractivity contribution is 0.560. The molecule has 0 amide bonds. The minimum absolute atomic E-state index is 0.663. The first-order valence-corrected chi connectivity index (χ1v) is 7.13. The van der Waals surface area contributed by atoms with Crippen molar-refractivity contribution in [2.24, 2.45) is 4.99 Å². The number of carbonyl (C=O) groups excluding carboxylic acids is 1. The highest BCUT2D eigenvalue weighted by atomic mass is 33.1. The number of unbranched alkanes of at least 4 members (excludes halogenated alkanes) is 2. The number of aliphatic imine (C=N–C) groups is 1. The molecule has 1 aliphatic rings. The van der Waals surface area contributed by atoms with Crippen LogP contribution in [0.1, 0.15) is 32.1 Å². The van der Waals surface area contributed by atoms with Crippen LogP contribution in [0, 0.1) is 0 Å². The average molecular weight is 217 g/mol. The molecule has 0 radical (unpaired) electrons. The maximum atomic E-state index is 9.75. The fourth-order valence-corrected chi connectivity index (χ4v) is 4.38. The third kappa shape index (κ3) is 5.40. The molecule has 0 N–H and O–H groups in total. The summed E-state index contributed by atoms with van der Waals surface area (Å²) < 4.78 is 0. The summed E-state index contributed by atoms with van der Waals surface area (Å²) in [6, 6.07) is 0. The molecule has 13 heavy (non-hydrogen) atoms. The molecular formula is C9H15NOS2. The van der Waals surface area contributed by atoms with Gasteiger partial charge in [0.25, 0.3) is 0 Å². The molecule has 4 heteroatoms. The standard InChI is InChI=1S/C9H15NOS2/c11-8-10-6-3-1-2-4-9-5-7-12-13-9/h9H,1-7H2/t9-/m1/s1. The Morgan fingerprint density at radius 2 is 2.31 bits per heavy atom. The zero-order valence-corrected chi connectivity index (χ0v) is 9.33. The molecule has 0 unspecified atom stereocenters. The zero-order chi connectivity index (χ0) is 9.36. The summed E-state index contributed by atoms with van der Waals surface area (Å²) in [4.78, 5) is 13.3. The molecular weight excluding hydrogens is 202 g/mol. The van der Waals surface area contributed by atoms with E-state index < -0.39 is 0 Å². The molecule has 1 fully saturated rings. The van der Waals surface area contributed by atoms with Crippen molar-refractivity contribution in [1.29, 1.82) is 0 Å². The van der Waals surface area contributed by atoms with Gasteiger partial charge >= 0.3 is 0 Å². The Morgan fingerprint density at radius 3 is 3.00 bits per heavy atom. The first-order chi connectivity index (χ1) is 6.43. The number of nitrogens with zero attached hydrogens (tertiary/aromatic N) is 1. The largest absolute Gasteiger partial charge is 0.234 e. The van der Waals surface area contributed by atoms with Crippen LogP contribution in [0.4, 0.5) is 0 Å². The van der Waals surface area contributed by atoms with Gasteiger partial charge in [0.2, 0.25) is 6.08 Å². The minimum Gasteiger partial charge on any atom is -0.211 e. The van der Waals surface area contributed by atoms with Crippen LogP contribution in [0.25, 0.3) is 0 Å².